The molecule has 1 N–H and O–H groups in total. The zero-order chi connectivity index (χ0) is 19.8. The average Bonchev–Trinajstić information content (AvgIpc) is 2.71. The number of benzene rings is 2. The second-order valence-electron chi connectivity index (χ2n) is 6.75. The number of amides is 2. The van der Waals surface area contributed by atoms with E-state index >= 15 is 0 Å². The number of carbonyl (C=O) groups excluding carboxylic acids is 2. The highest BCUT2D eigenvalue weighted by molar-refractivity contribution is 5.95. The maximum absolute atomic E-state index is 13.0. The SMILES string of the molecule is CC(=O)Nc1ccc(N(C(=O)CCOc2ccccc2)C2CCOCC2)cc1. The smallest absolute Gasteiger partial charge is 0.230 e. The summed E-state index contributed by atoms with van der Waals surface area (Å²) in [5.74, 6) is 0.658. The van der Waals surface area contributed by atoms with Crippen LogP contribution < -0.4 is 15.0 Å². The highest BCUT2D eigenvalue weighted by atomic mass is 16.5. The van der Waals surface area contributed by atoms with Crippen LogP contribution in [0.1, 0.15) is 26.2 Å². The van der Waals surface area contributed by atoms with Crippen LogP contribution in [0.15, 0.2) is 54.6 Å². The van der Waals surface area contributed by atoms with E-state index in [1.165, 1.54) is 6.92 Å². The van der Waals surface area contributed by atoms with Gasteiger partial charge in [0.2, 0.25) is 11.8 Å². The first-order chi connectivity index (χ1) is 13.6. The molecule has 0 radical (unpaired) electrons. The summed E-state index contributed by atoms with van der Waals surface area (Å²) in [6.45, 7) is 3.10. The lowest BCUT2D eigenvalue weighted by Gasteiger charge is -2.34. The van der Waals surface area contributed by atoms with Gasteiger partial charge in [-0.2, -0.15) is 0 Å². The molecule has 0 atom stereocenters. The molecule has 1 aliphatic rings. The van der Waals surface area contributed by atoms with Crippen molar-refractivity contribution < 1.29 is 19.1 Å². The van der Waals surface area contributed by atoms with Crippen LogP contribution in [0.4, 0.5) is 11.4 Å². The van der Waals surface area contributed by atoms with E-state index in [0.717, 1.165) is 24.3 Å². The van der Waals surface area contributed by atoms with Gasteiger partial charge in [-0.25, -0.2) is 0 Å². The first kappa shape index (κ1) is 19.9. The van der Waals surface area contributed by atoms with Crippen LogP contribution in [0.3, 0.4) is 0 Å². The number of ether oxygens (including phenoxy) is 2. The summed E-state index contributed by atoms with van der Waals surface area (Å²) in [5, 5.41) is 2.75. The minimum Gasteiger partial charge on any atom is -0.493 e. The molecule has 0 unspecified atom stereocenters. The molecule has 2 aromatic carbocycles. The number of nitrogens with zero attached hydrogens (tertiary/aromatic N) is 1. The van der Waals surface area contributed by atoms with Crippen molar-refractivity contribution in [2.45, 2.75) is 32.2 Å². The minimum absolute atomic E-state index is 0.0232. The molecule has 1 heterocycles. The number of nitrogens with one attached hydrogen (secondary N) is 1. The maximum Gasteiger partial charge on any atom is 0.230 e. The molecule has 1 saturated heterocycles. The number of hydrogen-bond donors (Lipinski definition) is 1. The van der Waals surface area contributed by atoms with Crippen LogP contribution in [-0.4, -0.2) is 37.7 Å². The van der Waals surface area contributed by atoms with Gasteiger partial charge in [0.15, 0.2) is 0 Å². The van der Waals surface area contributed by atoms with Gasteiger partial charge in [-0.3, -0.25) is 9.59 Å². The van der Waals surface area contributed by atoms with Crippen molar-refractivity contribution in [3.63, 3.8) is 0 Å². The van der Waals surface area contributed by atoms with E-state index in [1.807, 2.05) is 59.5 Å². The van der Waals surface area contributed by atoms with Crippen molar-refractivity contribution in [3.8, 4) is 5.75 Å². The lowest BCUT2D eigenvalue weighted by molar-refractivity contribution is -0.120. The fraction of sp³-hybridized carbons (Fsp3) is 0.364. The number of anilines is 2. The largest absolute Gasteiger partial charge is 0.493 e. The van der Waals surface area contributed by atoms with Gasteiger partial charge in [0.05, 0.1) is 13.0 Å². The molecular formula is C22H26N2O4. The average molecular weight is 382 g/mol. The number of hydrogen-bond acceptors (Lipinski definition) is 4. The van der Waals surface area contributed by atoms with Gasteiger partial charge in [-0.05, 0) is 49.2 Å². The summed E-state index contributed by atoms with van der Waals surface area (Å²) < 4.78 is 11.2. The Balaban J connectivity index is 1.69. The second-order valence-corrected chi connectivity index (χ2v) is 6.75. The molecule has 1 fully saturated rings. The van der Waals surface area contributed by atoms with E-state index in [0.29, 0.717) is 31.9 Å². The topological polar surface area (TPSA) is 67.9 Å². The van der Waals surface area contributed by atoms with Gasteiger partial charge in [-0.15, -0.1) is 0 Å². The summed E-state index contributed by atoms with van der Waals surface area (Å²) >= 11 is 0. The van der Waals surface area contributed by atoms with Gasteiger partial charge >= 0.3 is 0 Å². The second kappa shape index (κ2) is 9.90. The quantitative estimate of drug-likeness (QED) is 0.794. The summed E-state index contributed by atoms with van der Waals surface area (Å²) in [6.07, 6.45) is 1.90. The third kappa shape index (κ3) is 5.57. The van der Waals surface area contributed by atoms with Gasteiger partial charge in [-0.1, -0.05) is 18.2 Å². The molecule has 6 nitrogen and oxygen atoms in total. The van der Waals surface area contributed by atoms with Gasteiger partial charge in [0.25, 0.3) is 0 Å². The van der Waals surface area contributed by atoms with E-state index in [4.69, 9.17) is 9.47 Å². The van der Waals surface area contributed by atoms with Gasteiger partial charge in [0.1, 0.15) is 5.75 Å². The molecule has 0 aliphatic carbocycles. The van der Waals surface area contributed by atoms with Gasteiger partial charge < -0.3 is 19.7 Å². The van der Waals surface area contributed by atoms with Crippen molar-refractivity contribution in [1.29, 1.82) is 0 Å². The van der Waals surface area contributed by atoms with E-state index in [2.05, 4.69) is 5.32 Å². The minimum atomic E-state index is -0.122. The standard InChI is InChI=1S/C22H26N2O4/c1-17(25)23-18-7-9-19(10-8-18)24(20-11-14-27-15-12-20)22(26)13-16-28-21-5-3-2-4-6-21/h2-10,20H,11-16H2,1H3,(H,23,25). The molecule has 3 rings (SSSR count). The molecule has 148 valence electrons. The van der Waals surface area contributed by atoms with Crippen LogP contribution >= 0.6 is 0 Å². The molecule has 6 heteroatoms. The molecule has 0 bridgehead atoms. The summed E-state index contributed by atoms with van der Waals surface area (Å²) in [5.41, 5.74) is 1.54. The predicted molar refractivity (Wildman–Crippen MR) is 109 cm³/mol. The maximum atomic E-state index is 13.0. The lowest BCUT2D eigenvalue weighted by atomic mass is 10.1. The Hall–Kier alpha value is -2.86. The fourth-order valence-corrected chi connectivity index (χ4v) is 3.30. The fourth-order valence-electron chi connectivity index (χ4n) is 3.30. The number of rotatable bonds is 7. The van der Waals surface area contributed by atoms with Crippen LogP contribution in [0.2, 0.25) is 0 Å². The van der Waals surface area contributed by atoms with Crippen molar-refractivity contribution >= 4 is 23.2 Å². The summed E-state index contributed by atoms with van der Waals surface area (Å²) in [7, 11) is 0. The van der Waals surface area contributed by atoms with Gasteiger partial charge in [0, 0.05) is 37.6 Å². The molecule has 28 heavy (non-hydrogen) atoms. The Morgan fingerprint density at radius 1 is 1.07 bits per heavy atom. The van der Waals surface area contributed by atoms with Crippen LogP contribution in [-0.2, 0) is 14.3 Å². The molecule has 0 spiro atoms. The van der Waals surface area contributed by atoms with E-state index in [1.54, 1.807) is 0 Å². The zero-order valence-electron chi connectivity index (χ0n) is 16.1. The molecule has 2 amide bonds. The van der Waals surface area contributed by atoms with E-state index in [-0.39, 0.29) is 17.9 Å². The monoisotopic (exact) mass is 382 g/mol. The zero-order valence-corrected chi connectivity index (χ0v) is 16.1. The van der Waals surface area contributed by atoms with Crippen molar-refractivity contribution in [2.75, 3.05) is 30.0 Å². The summed E-state index contributed by atoms with van der Waals surface area (Å²) in [6, 6.07) is 17.0. The molecular weight excluding hydrogens is 356 g/mol. The van der Waals surface area contributed by atoms with Crippen molar-refractivity contribution in [2.24, 2.45) is 0 Å². The molecule has 2 aromatic rings. The van der Waals surface area contributed by atoms with Crippen LogP contribution in [0.25, 0.3) is 0 Å². The molecule has 1 aliphatic heterocycles. The Morgan fingerprint density at radius 2 is 1.75 bits per heavy atom. The van der Waals surface area contributed by atoms with Crippen LogP contribution in [0.5, 0.6) is 5.75 Å². The third-order valence-corrected chi connectivity index (χ3v) is 4.62. The highest BCUT2D eigenvalue weighted by Gasteiger charge is 2.27. The third-order valence-electron chi connectivity index (χ3n) is 4.62. The van der Waals surface area contributed by atoms with Crippen molar-refractivity contribution in [3.05, 3.63) is 54.6 Å². The first-order valence-electron chi connectivity index (χ1n) is 9.59. The highest BCUT2D eigenvalue weighted by Crippen LogP contribution is 2.25. The normalized spacial score (nSPS) is 14.3. The molecule has 0 aromatic heterocycles. The Labute approximate surface area is 165 Å². The Morgan fingerprint density at radius 3 is 2.39 bits per heavy atom. The Bertz CT molecular complexity index is 771. The predicted octanol–water partition coefficient (Wildman–Crippen LogP) is 3.63. The Kier molecular flexibility index (Phi) is 7.03. The first-order valence-corrected chi connectivity index (χ1v) is 9.59. The molecule has 0 saturated carbocycles. The van der Waals surface area contributed by atoms with E-state index in [9.17, 15) is 9.59 Å². The van der Waals surface area contributed by atoms with E-state index < -0.39 is 0 Å². The number of para-hydroxylation sites is 1. The lowest BCUT2D eigenvalue weighted by Crippen LogP contribution is -2.44. The number of carbonyl (C=O) groups is 2. The summed E-state index contributed by atoms with van der Waals surface area (Å²) in [4.78, 5) is 26.1. The van der Waals surface area contributed by atoms with Crippen molar-refractivity contribution in [1.82, 2.24) is 0 Å². The van der Waals surface area contributed by atoms with Crippen LogP contribution in [0, 0.1) is 0 Å².